The van der Waals surface area contributed by atoms with E-state index in [1.807, 2.05) is 0 Å². The minimum atomic E-state index is 0.344. The van der Waals surface area contributed by atoms with Crippen molar-refractivity contribution in [2.75, 3.05) is 7.11 Å². The number of nitrogens with zero attached hydrogens (tertiary/aromatic N) is 2. The Balaban J connectivity index is 3.74. The van der Waals surface area contributed by atoms with Crippen LogP contribution in [0.1, 0.15) is 0 Å². The summed E-state index contributed by atoms with van der Waals surface area (Å²) in [6.45, 7) is 3.23. The van der Waals surface area contributed by atoms with Gasteiger partial charge in [-0.2, -0.15) is 0 Å². The molecule has 50 valence electrons. The van der Waals surface area contributed by atoms with Gasteiger partial charge in [0.25, 0.3) is 0 Å². The van der Waals surface area contributed by atoms with Crippen LogP contribution in [-0.2, 0) is 4.74 Å². The molecule has 4 heteroatoms. The average molecular weight is 128 g/mol. The second-order valence-electron chi connectivity index (χ2n) is 1.12. The summed E-state index contributed by atoms with van der Waals surface area (Å²) in [7, 11) is 1.44. The summed E-state index contributed by atoms with van der Waals surface area (Å²) >= 11 is 0. The van der Waals surface area contributed by atoms with E-state index >= 15 is 0 Å². The number of hydroxylamine groups is 1. The highest BCUT2D eigenvalue weighted by Gasteiger charge is 1.78. The average Bonchev–Trinajstić information content (AvgIpc) is 1.85. The van der Waals surface area contributed by atoms with Crippen LogP contribution in [-0.4, -0.2) is 12.0 Å². The molecule has 0 aromatic rings. The number of azo groups is 1. The zero-order chi connectivity index (χ0) is 7.11. The number of rotatable bonds is 3. The molecule has 0 radical (unpaired) electrons. The first-order valence-corrected chi connectivity index (χ1v) is 2.28. The van der Waals surface area contributed by atoms with Crippen LogP contribution in [0.15, 0.2) is 30.4 Å². The maximum absolute atomic E-state index is 10.3. The number of methoxy groups -OCH3 is 1. The third kappa shape index (κ3) is 4.53. The van der Waals surface area contributed by atoms with Crippen molar-refractivity contribution < 1.29 is 9.60 Å². The molecule has 0 amide bonds. The Hall–Kier alpha value is -1.32. The predicted molar refractivity (Wildman–Crippen MR) is 32.4 cm³/mol. The van der Waals surface area contributed by atoms with E-state index in [2.05, 4.69) is 16.4 Å². The molecule has 0 N–H and O–H groups in total. The lowest BCUT2D eigenvalue weighted by atomic mass is 11.0. The zero-order valence-electron chi connectivity index (χ0n) is 5.15. The molecule has 0 spiro atoms. The zero-order valence-corrected chi connectivity index (χ0v) is 5.15. The molecule has 0 heterocycles. The van der Waals surface area contributed by atoms with Gasteiger partial charge in [0, 0.05) is 5.11 Å². The number of hydrogen-bond acceptors (Lipinski definition) is 3. The minimum absolute atomic E-state index is 0.344. The highest BCUT2D eigenvalue weighted by Crippen LogP contribution is 1.78. The van der Waals surface area contributed by atoms with Crippen molar-refractivity contribution in [3.63, 3.8) is 0 Å². The Bertz CT molecular complexity index is 140. The first kappa shape index (κ1) is 7.68. The lowest BCUT2D eigenvalue weighted by Crippen LogP contribution is -1.85. The first-order chi connectivity index (χ1) is 4.31. The summed E-state index contributed by atoms with van der Waals surface area (Å²) < 4.78 is 4.44. The number of hydrogen-bond donors (Lipinski definition) is 0. The van der Waals surface area contributed by atoms with Gasteiger partial charge in [0.15, 0.2) is 0 Å². The number of ether oxygens (including phenoxy) is 1. The highest BCUT2D eigenvalue weighted by molar-refractivity contribution is 4.59. The quantitative estimate of drug-likeness (QED) is 0.248. The van der Waals surface area contributed by atoms with Crippen molar-refractivity contribution in [1.82, 2.24) is 0 Å². The van der Waals surface area contributed by atoms with E-state index in [1.165, 1.54) is 13.4 Å². The van der Waals surface area contributed by atoms with Crippen molar-refractivity contribution in [3.05, 3.63) is 30.4 Å². The molecule has 4 nitrogen and oxygen atoms in total. The molecule has 0 saturated carbocycles. The monoisotopic (exact) mass is 128 g/mol. The van der Waals surface area contributed by atoms with Gasteiger partial charge in [-0.05, 0) is 0 Å². The van der Waals surface area contributed by atoms with Gasteiger partial charge in [-0.15, -0.1) is 0 Å². The molecule has 0 atom stereocenters. The Labute approximate surface area is 53.3 Å². The summed E-state index contributed by atoms with van der Waals surface area (Å²) in [5, 5.41) is 13.6. The molecular formula is C5H8N2O2. The van der Waals surface area contributed by atoms with Crippen LogP contribution in [0.3, 0.4) is 0 Å². The van der Waals surface area contributed by atoms with Gasteiger partial charge in [-0.3, -0.25) is 0 Å². The topological polar surface area (TPSA) is 47.7 Å². The van der Waals surface area contributed by atoms with Crippen LogP contribution >= 0.6 is 0 Å². The summed E-state index contributed by atoms with van der Waals surface area (Å²) in [5.74, 6) is 0. The fourth-order valence-corrected chi connectivity index (χ4v) is 0.232. The molecule has 0 aromatic heterocycles. The summed E-state index contributed by atoms with van der Waals surface area (Å²) in [4.78, 5) is 0.344. The van der Waals surface area contributed by atoms with Gasteiger partial charge < -0.3 is 9.94 Å². The van der Waals surface area contributed by atoms with Gasteiger partial charge in [0.2, 0.25) is 6.20 Å². The van der Waals surface area contributed by atoms with Crippen LogP contribution in [0.5, 0.6) is 0 Å². The van der Waals surface area contributed by atoms with Crippen LogP contribution in [0.4, 0.5) is 0 Å². The minimum Gasteiger partial charge on any atom is -0.594 e. The van der Waals surface area contributed by atoms with Crippen LogP contribution in [0.25, 0.3) is 0 Å². The maximum atomic E-state index is 10.3. The SMILES string of the molecule is C=CN=[N+]([O-])C=COC. The van der Waals surface area contributed by atoms with Crippen molar-refractivity contribution >= 4 is 0 Å². The van der Waals surface area contributed by atoms with Crippen molar-refractivity contribution in [1.29, 1.82) is 0 Å². The largest absolute Gasteiger partial charge is 0.594 e. The van der Waals surface area contributed by atoms with Gasteiger partial charge in [-0.1, -0.05) is 11.4 Å². The molecule has 0 rings (SSSR count). The molecule has 9 heavy (non-hydrogen) atoms. The van der Waals surface area contributed by atoms with Gasteiger partial charge in [0.05, 0.1) is 13.3 Å². The highest BCUT2D eigenvalue weighted by atomic mass is 16.5. The van der Waals surface area contributed by atoms with Gasteiger partial charge >= 0.3 is 0 Å². The second kappa shape index (κ2) is 4.83. The Morgan fingerprint density at radius 2 is 2.44 bits per heavy atom. The lowest BCUT2D eigenvalue weighted by Gasteiger charge is -1.87. The summed E-state index contributed by atoms with van der Waals surface area (Å²) in [6, 6.07) is 0. The molecule has 0 aliphatic carbocycles. The predicted octanol–water partition coefficient (Wildman–Crippen LogP) is 1.21. The summed E-state index contributed by atoms with van der Waals surface area (Å²) in [6.07, 6.45) is 3.49. The van der Waals surface area contributed by atoms with Gasteiger partial charge in [0.1, 0.15) is 6.26 Å². The van der Waals surface area contributed by atoms with Crippen LogP contribution in [0.2, 0.25) is 0 Å². The summed E-state index contributed by atoms with van der Waals surface area (Å²) in [5.41, 5.74) is 0. The molecule has 0 saturated heterocycles. The van der Waals surface area contributed by atoms with E-state index in [9.17, 15) is 5.21 Å². The third-order valence-corrected chi connectivity index (χ3v) is 0.520. The first-order valence-electron chi connectivity index (χ1n) is 2.28. The molecule has 0 bridgehead atoms. The lowest BCUT2D eigenvalue weighted by molar-refractivity contribution is -0.454. The van der Waals surface area contributed by atoms with E-state index < -0.39 is 0 Å². The van der Waals surface area contributed by atoms with E-state index in [1.54, 1.807) is 0 Å². The van der Waals surface area contributed by atoms with Crippen LogP contribution in [0, 0.1) is 5.21 Å². The van der Waals surface area contributed by atoms with Crippen molar-refractivity contribution in [3.8, 4) is 0 Å². The maximum Gasteiger partial charge on any atom is 0.244 e. The molecule has 0 aliphatic rings. The Morgan fingerprint density at radius 3 is 2.89 bits per heavy atom. The van der Waals surface area contributed by atoms with Crippen LogP contribution < -0.4 is 0 Å². The Morgan fingerprint density at radius 1 is 1.78 bits per heavy atom. The fraction of sp³-hybridized carbons (Fsp3) is 0.200. The molecule has 0 fully saturated rings. The normalized spacial score (nSPS) is 11.9. The van der Waals surface area contributed by atoms with E-state index in [4.69, 9.17) is 0 Å². The third-order valence-electron chi connectivity index (χ3n) is 0.520. The van der Waals surface area contributed by atoms with Crippen molar-refractivity contribution in [2.45, 2.75) is 0 Å². The van der Waals surface area contributed by atoms with E-state index in [0.29, 0.717) is 4.86 Å². The van der Waals surface area contributed by atoms with E-state index in [-0.39, 0.29) is 0 Å². The molecule has 0 unspecified atom stereocenters. The van der Waals surface area contributed by atoms with Gasteiger partial charge in [-0.25, -0.2) is 0 Å². The molecular weight excluding hydrogens is 120 g/mol. The smallest absolute Gasteiger partial charge is 0.244 e. The molecule has 0 aromatic carbocycles. The fourth-order valence-electron chi connectivity index (χ4n) is 0.232. The Kier molecular flexibility index (Phi) is 4.12. The van der Waals surface area contributed by atoms with Crippen molar-refractivity contribution in [2.24, 2.45) is 5.11 Å². The standard InChI is InChI=1S/C5H8N2O2/c1-3-6-7(8)4-5-9-2/h3-5H,1H2,2H3. The second-order valence-corrected chi connectivity index (χ2v) is 1.12. The van der Waals surface area contributed by atoms with E-state index in [0.717, 1.165) is 12.4 Å². The molecule has 0 aliphatic heterocycles.